The van der Waals surface area contributed by atoms with Crippen LogP contribution in [0, 0.1) is 10.5 Å². The summed E-state index contributed by atoms with van der Waals surface area (Å²) in [7, 11) is 0. The van der Waals surface area contributed by atoms with Gasteiger partial charge in [-0.1, -0.05) is 12.1 Å². The molecule has 0 saturated carbocycles. The minimum atomic E-state index is 0.392. The van der Waals surface area contributed by atoms with Crippen LogP contribution < -0.4 is 0 Å². The van der Waals surface area contributed by atoms with E-state index in [0.29, 0.717) is 5.75 Å². The minimum Gasteiger partial charge on any atom is -0.506 e. The summed E-state index contributed by atoms with van der Waals surface area (Å²) in [6.07, 6.45) is 0. The van der Waals surface area contributed by atoms with E-state index >= 15 is 0 Å². The molecule has 1 aromatic carbocycles. The zero-order valence-electron chi connectivity index (χ0n) is 6.47. The fraction of sp³-hybridized carbons (Fsp3) is 0.111. The monoisotopic (exact) mass is 290 g/mol. The van der Waals surface area contributed by atoms with Gasteiger partial charge < -0.3 is 5.11 Å². The van der Waals surface area contributed by atoms with Crippen LogP contribution in [0.15, 0.2) is 18.2 Å². The first kappa shape index (κ1) is 8.31. The van der Waals surface area contributed by atoms with Crippen molar-refractivity contribution in [1.29, 1.82) is 0 Å². The lowest BCUT2D eigenvalue weighted by molar-refractivity contribution is 0.482. The molecule has 0 atom stereocenters. The van der Waals surface area contributed by atoms with Gasteiger partial charge in [-0.2, -0.15) is 0 Å². The fourth-order valence-corrected chi connectivity index (χ4v) is 3.11. The molecule has 0 radical (unpaired) electrons. The number of rotatable bonds is 0. The molecule has 0 amide bonds. The molecule has 1 aromatic heterocycles. The summed E-state index contributed by atoms with van der Waals surface area (Å²) in [4.78, 5) is 1.27. The van der Waals surface area contributed by atoms with Crippen LogP contribution in [0.5, 0.6) is 5.75 Å². The Morgan fingerprint density at radius 1 is 1.42 bits per heavy atom. The first-order chi connectivity index (χ1) is 5.70. The van der Waals surface area contributed by atoms with Gasteiger partial charge in [0.15, 0.2) is 0 Å². The number of aromatic hydroxyl groups is 1. The van der Waals surface area contributed by atoms with E-state index < -0.39 is 0 Å². The maximum atomic E-state index is 9.52. The molecule has 3 heteroatoms. The summed E-state index contributed by atoms with van der Waals surface area (Å²) >= 11 is 3.96. The Hall–Kier alpha value is -0.290. The zero-order chi connectivity index (χ0) is 8.72. The van der Waals surface area contributed by atoms with Gasteiger partial charge in [0.1, 0.15) is 5.75 Å². The zero-order valence-corrected chi connectivity index (χ0v) is 9.44. The highest BCUT2D eigenvalue weighted by Crippen LogP contribution is 2.36. The Kier molecular flexibility index (Phi) is 2.00. The van der Waals surface area contributed by atoms with Crippen molar-refractivity contribution >= 4 is 44.0 Å². The predicted molar refractivity (Wildman–Crippen MR) is 60.9 cm³/mol. The van der Waals surface area contributed by atoms with Crippen LogP contribution in [0.3, 0.4) is 0 Å². The van der Waals surface area contributed by atoms with Gasteiger partial charge in [-0.15, -0.1) is 11.3 Å². The van der Waals surface area contributed by atoms with E-state index in [1.807, 2.05) is 12.1 Å². The lowest BCUT2D eigenvalue weighted by Crippen LogP contribution is -1.68. The van der Waals surface area contributed by atoms with Crippen LogP contribution >= 0.6 is 33.9 Å². The van der Waals surface area contributed by atoms with Crippen LogP contribution in [0.4, 0.5) is 0 Å². The molecule has 2 aromatic rings. The molecule has 2 rings (SSSR count). The number of hydrogen-bond donors (Lipinski definition) is 1. The summed E-state index contributed by atoms with van der Waals surface area (Å²) in [5.41, 5.74) is 0. The maximum Gasteiger partial charge on any atom is 0.133 e. The highest BCUT2D eigenvalue weighted by Gasteiger charge is 2.08. The molecule has 12 heavy (non-hydrogen) atoms. The van der Waals surface area contributed by atoms with Crippen molar-refractivity contribution in [1.82, 2.24) is 0 Å². The Bertz CT molecular complexity index is 433. The topological polar surface area (TPSA) is 20.2 Å². The van der Waals surface area contributed by atoms with E-state index in [2.05, 4.69) is 29.5 Å². The van der Waals surface area contributed by atoms with Gasteiger partial charge in [-0.25, -0.2) is 0 Å². The predicted octanol–water partition coefficient (Wildman–Crippen LogP) is 3.52. The molecular formula is C9H7IOS. The molecule has 0 saturated heterocycles. The Morgan fingerprint density at radius 2 is 2.17 bits per heavy atom. The summed E-state index contributed by atoms with van der Waals surface area (Å²) in [6, 6.07) is 5.65. The summed E-state index contributed by atoms with van der Waals surface area (Å²) in [5.74, 6) is 0.392. The molecule has 0 fully saturated rings. The number of phenolic OH excluding ortho intramolecular Hbond substituents is 1. The Labute approximate surface area is 88.2 Å². The number of fused-ring (bicyclic) bond motifs is 1. The lowest BCUT2D eigenvalue weighted by atomic mass is 10.2. The number of thiophene rings is 1. The molecule has 0 aliphatic carbocycles. The Morgan fingerprint density at radius 3 is 2.83 bits per heavy atom. The third-order valence-electron chi connectivity index (χ3n) is 1.79. The summed E-state index contributed by atoms with van der Waals surface area (Å²) < 4.78 is 2.25. The second kappa shape index (κ2) is 2.88. The summed E-state index contributed by atoms with van der Waals surface area (Å²) in [6.45, 7) is 2.08. The van der Waals surface area contributed by atoms with Gasteiger partial charge >= 0.3 is 0 Å². The van der Waals surface area contributed by atoms with Crippen LogP contribution in [0.1, 0.15) is 4.88 Å². The maximum absolute atomic E-state index is 9.52. The lowest BCUT2D eigenvalue weighted by Gasteiger charge is -1.92. The molecule has 0 aliphatic rings. The number of halogens is 1. The van der Waals surface area contributed by atoms with Gasteiger partial charge in [0.2, 0.25) is 0 Å². The average molecular weight is 290 g/mol. The highest BCUT2D eigenvalue weighted by atomic mass is 127. The van der Waals surface area contributed by atoms with E-state index in [9.17, 15) is 5.11 Å². The fourth-order valence-electron chi connectivity index (χ4n) is 1.19. The van der Waals surface area contributed by atoms with Gasteiger partial charge in [-0.05, 0) is 35.6 Å². The van der Waals surface area contributed by atoms with Crippen LogP contribution in [0.25, 0.3) is 10.1 Å². The molecular weight excluding hydrogens is 283 g/mol. The third-order valence-corrected chi connectivity index (χ3v) is 4.69. The number of aryl methyl sites for hydroxylation is 1. The first-order valence-corrected chi connectivity index (χ1v) is 5.46. The largest absolute Gasteiger partial charge is 0.506 e. The van der Waals surface area contributed by atoms with Crippen molar-refractivity contribution in [3.8, 4) is 5.75 Å². The second-order valence-corrected chi connectivity index (χ2v) is 4.93. The molecule has 1 heterocycles. The number of benzene rings is 1. The molecule has 1 N–H and O–H groups in total. The minimum absolute atomic E-state index is 0.392. The van der Waals surface area contributed by atoms with Gasteiger partial charge in [0.25, 0.3) is 0 Å². The van der Waals surface area contributed by atoms with Crippen LogP contribution in [-0.2, 0) is 0 Å². The SMILES string of the molecule is Cc1sc2c(O)cccc2c1I. The molecule has 0 aliphatic heterocycles. The van der Waals surface area contributed by atoms with E-state index in [-0.39, 0.29) is 0 Å². The first-order valence-electron chi connectivity index (χ1n) is 3.56. The smallest absolute Gasteiger partial charge is 0.133 e. The van der Waals surface area contributed by atoms with Gasteiger partial charge in [0, 0.05) is 13.8 Å². The van der Waals surface area contributed by atoms with Crippen LogP contribution in [0.2, 0.25) is 0 Å². The standard InChI is InChI=1S/C9H7IOS/c1-5-8(10)6-3-2-4-7(11)9(6)12-5/h2-4,11H,1H3. The van der Waals surface area contributed by atoms with Crippen molar-refractivity contribution in [2.75, 3.05) is 0 Å². The van der Waals surface area contributed by atoms with Gasteiger partial charge in [-0.3, -0.25) is 0 Å². The van der Waals surface area contributed by atoms with E-state index in [1.165, 1.54) is 8.45 Å². The van der Waals surface area contributed by atoms with Crippen molar-refractivity contribution < 1.29 is 5.11 Å². The second-order valence-electron chi connectivity index (χ2n) is 2.63. The molecule has 0 spiro atoms. The Balaban J connectivity index is 2.95. The molecule has 0 bridgehead atoms. The number of phenols is 1. The third kappa shape index (κ3) is 1.11. The van der Waals surface area contributed by atoms with Gasteiger partial charge in [0.05, 0.1) is 4.70 Å². The summed E-state index contributed by atoms with van der Waals surface area (Å²) in [5, 5.41) is 10.7. The van der Waals surface area contributed by atoms with Crippen molar-refractivity contribution in [2.24, 2.45) is 0 Å². The molecule has 62 valence electrons. The number of hydrogen-bond acceptors (Lipinski definition) is 2. The average Bonchev–Trinajstić information content (AvgIpc) is 2.32. The quantitative estimate of drug-likeness (QED) is 0.736. The normalized spacial score (nSPS) is 10.8. The van der Waals surface area contributed by atoms with Crippen molar-refractivity contribution in [2.45, 2.75) is 6.92 Å². The molecule has 1 nitrogen and oxygen atoms in total. The van der Waals surface area contributed by atoms with Crippen molar-refractivity contribution in [3.63, 3.8) is 0 Å². The van der Waals surface area contributed by atoms with E-state index in [1.54, 1.807) is 17.4 Å². The van der Waals surface area contributed by atoms with Crippen molar-refractivity contribution in [3.05, 3.63) is 26.6 Å². The van der Waals surface area contributed by atoms with Crippen LogP contribution in [-0.4, -0.2) is 5.11 Å². The van der Waals surface area contributed by atoms with E-state index in [4.69, 9.17) is 0 Å². The van der Waals surface area contributed by atoms with E-state index in [0.717, 1.165) is 10.1 Å². The molecule has 0 unspecified atom stereocenters. The highest BCUT2D eigenvalue weighted by molar-refractivity contribution is 14.1.